The molecule has 25 heavy (non-hydrogen) atoms. The maximum atomic E-state index is 13.2. The fourth-order valence-electron chi connectivity index (χ4n) is 3.00. The van der Waals surface area contributed by atoms with Crippen molar-refractivity contribution in [1.29, 1.82) is 0 Å². The maximum absolute atomic E-state index is 13.2. The third kappa shape index (κ3) is 3.70. The molecule has 1 fully saturated rings. The molecule has 0 aliphatic carbocycles. The van der Waals surface area contributed by atoms with Crippen LogP contribution >= 0.6 is 0 Å². The lowest BCUT2D eigenvalue weighted by Crippen LogP contribution is -2.45. The number of alkyl halides is 2. The number of piperidine rings is 1. The molecule has 2 aromatic rings. The Morgan fingerprint density at radius 1 is 1.28 bits per heavy atom. The van der Waals surface area contributed by atoms with Gasteiger partial charge in [-0.05, 0) is 18.4 Å². The van der Waals surface area contributed by atoms with Gasteiger partial charge in [-0.3, -0.25) is 4.79 Å². The summed E-state index contributed by atoms with van der Waals surface area (Å²) in [4.78, 5) is 18.1. The molecule has 7 heteroatoms. The van der Waals surface area contributed by atoms with Crippen molar-refractivity contribution < 1.29 is 18.1 Å². The summed E-state index contributed by atoms with van der Waals surface area (Å²) in [6.07, 6.45) is 1.90. The number of carbonyl (C=O) groups excluding carboxylic acids is 1. The average molecular weight is 349 g/mol. The SMILES string of the molecule is CC1(C)CCCN(Cc2ccc(-c3noc(C(C)(F)F)n3)cc2)C1=O. The Morgan fingerprint density at radius 3 is 2.56 bits per heavy atom. The van der Waals surface area contributed by atoms with E-state index in [-0.39, 0.29) is 17.1 Å². The Morgan fingerprint density at radius 2 is 1.96 bits per heavy atom. The van der Waals surface area contributed by atoms with E-state index in [9.17, 15) is 13.6 Å². The van der Waals surface area contributed by atoms with Crippen molar-refractivity contribution in [3.8, 4) is 11.4 Å². The van der Waals surface area contributed by atoms with Gasteiger partial charge in [0.2, 0.25) is 11.7 Å². The minimum atomic E-state index is -3.16. The first-order chi connectivity index (χ1) is 11.7. The van der Waals surface area contributed by atoms with E-state index in [0.717, 1.165) is 24.9 Å². The highest BCUT2D eigenvalue weighted by Crippen LogP contribution is 2.31. The number of carbonyl (C=O) groups is 1. The molecule has 134 valence electrons. The van der Waals surface area contributed by atoms with Crippen molar-refractivity contribution in [2.24, 2.45) is 5.41 Å². The Balaban J connectivity index is 1.72. The van der Waals surface area contributed by atoms with Gasteiger partial charge in [0.1, 0.15) is 0 Å². The lowest BCUT2D eigenvalue weighted by atomic mass is 9.83. The summed E-state index contributed by atoms with van der Waals surface area (Å²) >= 11 is 0. The van der Waals surface area contributed by atoms with Gasteiger partial charge in [0.25, 0.3) is 5.89 Å². The second-order valence-electron chi connectivity index (χ2n) is 7.22. The molecule has 0 radical (unpaired) electrons. The zero-order valence-corrected chi connectivity index (χ0v) is 14.6. The first-order valence-electron chi connectivity index (χ1n) is 8.27. The summed E-state index contributed by atoms with van der Waals surface area (Å²) < 4.78 is 31.0. The predicted octanol–water partition coefficient (Wildman–Crippen LogP) is 4.00. The van der Waals surface area contributed by atoms with Crippen molar-refractivity contribution >= 4 is 5.91 Å². The highest BCUT2D eigenvalue weighted by Gasteiger charge is 2.35. The van der Waals surface area contributed by atoms with E-state index in [1.54, 1.807) is 12.1 Å². The Bertz CT molecular complexity index is 763. The lowest BCUT2D eigenvalue weighted by Gasteiger charge is -2.37. The summed E-state index contributed by atoms with van der Waals surface area (Å²) in [6.45, 7) is 5.95. The van der Waals surface area contributed by atoms with Crippen LogP contribution in [0.3, 0.4) is 0 Å². The molecular formula is C18H21F2N3O2. The molecule has 0 unspecified atom stereocenters. The minimum absolute atomic E-state index is 0.123. The molecular weight excluding hydrogens is 328 g/mol. The van der Waals surface area contributed by atoms with Crippen LogP contribution in [0.4, 0.5) is 8.78 Å². The van der Waals surface area contributed by atoms with Gasteiger partial charge in [0.15, 0.2) is 0 Å². The molecule has 3 rings (SSSR count). The number of rotatable bonds is 4. The number of hydrogen-bond acceptors (Lipinski definition) is 4. The van der Waals surface area contributed by atoms with E-state index in [2.05, 4.69) is 14.7 Å². The topological polar surface area (TPSA) is 59.2 Å². The first kappa shape index (κ1) is 17.5. The number of benzene rings is 1. The predicted molar refractivity (Wildman–Crippen MR) is 87.7 cm³/mol. The molecule has 5 nitrogen and oxygen atoms in total. The zero-order chi connectivity index (χ0) is 18.2. The number of aromatic nitrogens is 2. The number of hydrogen-bond donors (Lipinski definition) is 0. The fourth-order valence-corrected chi connectivity index (χ4v) is 3.00. The van der Waals surface area contributed by atoms with Gasteiger partial charge in [-0.2, -0.15) is 13.8 Å². The van der Waals surface area contributed by atoms with Gasteiger partial charge in [-0.25, -0.2) is 0 Å². The second-order valence-corrected chi connectivity index (χ2v) is 7.22. The van der Waals surface area contributed by atoms with E-state index in [1.807, 2.05) is 30.9 Å². The second kappa shape index (κ2) is 6.20. The standard InChI is InChI=1S/C18H21F2N3O2/c1-17(2)9-4-10-23(16(17)24)11-12-5-7-13(8-6-12)14-21-15(25-22-14)18(3,19)20/h5-8H,4,9-11H2,1-3H3. The van der Waals surface area contributed by atoms with Gasteiger partial charge in [-0.1, -0.05) is 43.3 Å². The van der Waals surface area contributed by atoms with Crippen LogP contribution in [0.5, 0.6) is 0 Å². The highest BCUT2D eigenvalue weighted by atomic mass is 19.3. The van der Waals surface area contributed by atoms with Crippen LogP contribution in [0.2, 0.25) is 0 Å². The van der Waals surface area contributed by atoms with Gasteiger partial charge >= 0.3 is 5.92 Å². The molecule has 1 saturated heterocycles. The molecule has 2 heterocycles. The van der Waals surface area contributed by atoms with Crippen LogP contribution in [0, 0.1) is 5.41 Å². The summed E-state index contributed by atoms with van der Waals surface area (Å²) in [5.74, 6) is -3.58. The monoisotopic (exact) mass is 349 g/mol. The van der Waals surface area contributed by atoms with Crippen LogP contribution < -0.4 is 0 Å². The lowest BCUT2D eigenvalue weighted by molar-refractivity contribution is -0.144. The highest BCUT2D eigenvalue weighted by molar-refractivity contribution is 5.82. The fraction of sp³-hybridized carbons (Fsp3) is 0.500. The quantitative estimate of drug-likeness (QED) is 0.837. The van der Waals surface area contributed by atoms with Crippen molar-refractivity contribution in [3.63, 3.8) is 0 Å². The van der Waals surface area contributed by atoms with E-state index < -0.39 is 11.8 Å². The zero-order valence-electron chi connectivity index (χ0n) is 14.6. The average Bonchev–Trinajstić information content (AvgIpc) is 3.03. The minimum Gasteiger partial charge on any atom is -0.338 e. The van der Waals surface area contributed by atoms with Crippen molar-refractivity contribution in [1.82, 2.24) is 15.0 Å². The molecule has 1 aromatic carbocycles. The molecule has 0 saturated carbocycles. The summed E-state index contributed by atoms with van der Waals surface area (Å²) in [6, 6.07) is 7.20. The first-order valence-corrected chi connectivity index (χ1v) is 8.27. The molecule has 1 aromatic heterocycles. The smallest absolute Gasteiger partial charge is 0.322 e. The van der Waals surface area contributed by atoms with Crippen molar-refractivity contribution in [2.45, 2.75) is 46.1 Å². The largest absolute Gasteiger partial charge is 0.338 e. The van der Waals surface area contributed by atoms with E-state index in [0.29, 0.717) is 19.0 Å². The molecule has 1 aliphatic rings. The summed E-state index contributed by atoms with van der Waals surface area (Å²) in [5.41, 5.74) is 1.25. The molecule has 0 spiro atoms. The Labute approximate surface area is 145 Å². The molecule has 1 amide bonds. The van der Waals surface area contributed by atoms with E-state index >= 15 is 0 Å². The van der Waals surface area contributed by atoms with Gasteiger partial charge < -0.3 is 9.42 Å². The van der Waals surface area contributed by atoms with Gasteiger partial charge in [-0.15, -0.1) is 0 Å². The number of nitrogens with zero attached hydrogens (tertiary/aromatic N) is 3. The van der Waals surface area contributed by atoms with Crippen molar-refractivity contribution in [2.75, 3.05) is 6.54 Å². The number of amides is 1. The number of likely N-dealkylation sites (tertiary alicyclic amines) is 1. The van der Waals surface area contributed by atoms with Crippen LogP contribution in [0.1, 0.15) is 45.1 Å². The third-order valence-corrected chi connectivity index (χ3v) is 4.48. The summed E-state index contributed by atoms with van der Waals surface area (Å²) in [5, 5.41) is 3.60. The van der Waals surface area contributed by atoms with E-state index in [1.165, 1.54) is 0 Å². The van der Waals surface area contributed by atoms with E-state index in [4.69, 9.17) is 0 Å². The van der Waals surface area contributed by atoms with Gasteiger partial charge in [0, 0.05) is 31.0 Å². The van der Waals surface area contributed by atoms with Gasteiger partial charge in [0.05, 0.1) is 0 Å². The maximum Gasteiger partial charge on any atom is 0.322 e. The number of halogens is 2. The van der Waals surface area contributed by atoms with Crippen LogP contribution in [-0.4, -0.2) is 27.5 Å². The summed E-state index contributed by atoms with van der Waals surface area (Å²) in [7, 11) is 0. The molecule has 0 bridgehead atoms. The third-order valence-electron chi connectivity index (χ3n) is 4.48. The molecule has 0 N–H and O–H groups in total. The Kier molecular flexibility index (Phi) is 4.34. The van der Waals surface area contributed by atoms with Crippen molar-refractivity contribution in [3.05, 3.63) is 35.7 Å². The van der Waals surface area contributed by atoms with Crippen LogP contribution in [0.25, 0.3) is 11.4 Å². The van der Waals surface area contributed by atoms with Crippen LogP contribution in [-0.2, 0) is 17.3 Å². The van der Waals surface area contributed by atoms with Crippen LogP contribution in [0.15, 0.2) is 28.8 Å². The Hall–Kier alpha value is -2.31. The molecule has 1 aliphatic heterocycles. The molecule has 0 atom stereocenters. The normalized spacial score (nSPS) is 17.8.